The van der Waals surface area contributed by atoms with Gasteiger partial charge in [-0.05, 0) is 25.1 Å². The predicted octanol–water partition coefficient (Wildman–Crippen LogP) is 3.04. The Kier molecular flexibility index (Phi) is 2.83. The molecule has 3 nitrogen and oxygen atoms in total. The Balaban J connectivity index is 2.24. The summed E-state index contributed by atoms with van der Waals surface area (Å²) in [5.74, 6) is -0.00845. The summed E-state index contributed by atoms with van der Waals surface area (Å²) >= 11 is 4.96. The van der Waals surface area contributed by atoms with E-state index in [0.717, 1.165) is 20.7 Å². The summed E-state index contributed by atoms with van der Waals surface area (Å²) in [6.45, 7) is 1.89. The van der Waals surface area contributed by atoms with E-state index in [1.165, 1.54) is 0 Å². The van der Waals surface area contributed by atoms with E-state index in [1.54, 1.807) is 23.9 Å². The number of hydrogen-bond acceptors (Lipinski definition) is 4. The molecule has 0 amide bonds. The van der Waals surface area contributed by atoms with Crippen LogP contribution in [0, 0.1) is 0 Å². The number of carbonyl (C=O) groups is 2. The molecular formula is C13H9BrO3S. The van der Waals surface area contributed by atoms with Crippen molar-refractivity contribution in [3.8, 4) is 0 Å². The molecule has 92 valence electrons. The average Bonchev–Trinajstić information content (AvgIpc) is 2.35. The third kappa shape index (κ3) is 1.73. The Labute approximate surface area is 117 Å². The van der Waals surface area contributed by atoms with Crippen LogP contribution in [0.3, 0.4) is 0 Å². The first kappa shape index (κ1) is 12.0. The van der Waals surface area contributed by atoms with Gasteiger partial charge in [0.1, 0.15) is 6.10 Å². The topological polar surface area (TPSA) is 43.4 Å². The van der Waals surface area contributed by atoms with Gasteiger partial charge in [-0.1, -0.05) is 15.9 Å². The van der Waals surface area contributed by atoms with Crippen LogP contribution in [0.5, 0.6) is 0 Å². The zero-order valence-electron chi connectivity index (χ0n) is 9.53. The van der Waals surface area contributed by atoms with Gasteiger partial charge in [-0.3, -0.25) is 9.59 Å². The summed E-state index contributed by atoms with van der Waals surface area (Å²) in [6, 6.07) is 5.32. The molecular weight excluding hydrogens is 316 g/mol. The van der Waals surface area contributed by atoms with Crippen LogP contribution in [0.25, 0.3) is 4.91 Å². The van der Waals surface area contributed by atoms with Gasteiger partial charge in [0.15, 0.2) is 5.76 Å². The lowest BCUT2D eigenvalue weighted by Crippen LogP contribution is -2.30. The molecule has 0 fully saturated rings. The standard InChI is InChI=1S/C13H9BrO3S/c1-6-5-18-13-9-4-7(14)2-3-8(9)10(15)11(16)12(13)17-6/h2-4,6H,5H2,1H3. The van der Waals surface area contributed by atoms with Gasteiger partial charge in [-0.15, -0.1) is 11.8 Å². The van der Waals surface area contributed by atoms with E-state index < -0.39 is 11.6 Å². The lowest BCUT2D eigenvalue weighted by Gasteiger charge is -2.28. The molecule has 0 bridgehead atoms. The number of thioether (sulfide) groups is 1. The molecule has 1 atom stereocenters. The van der Waals surface area contributed by atoms with Crippen LogP contribution in [0.2, 0.25) is 0 Å². The maximum Gasteiger partial charge on any atom is 0.269 e. The minimum atomic E-state index is -0.529. The fraction of sp³-hybridized carbons (Fsp3) is 0.231. The minimum Gasteiger partial charge on any atom is -0.484 e. The molecule has 1 aromatic rings. The Morgan fingerprint density at radius 2 is 2.06 bits per heavy atom. The number of rotatable bonds is 0. The number of hydrogen-bond donors (Lipinski definition) is 0. The highest BCUT2D eigenvalue weighted by molar-refractivity contribution is 9.10. The van der Waals surface area contributed by atoms with Crippen molar-refractivity contribution in [1.29, 1.82) is 0 Å². The fourth-order valence-electron chi connectivity index (χ4n) is 2.04. The predicted molar refractivity (Wildman–Crippen MR) is 73.4 cm³/mol. The second-order valence-electron chi connectivity index (χ2n) is 4.25. The van der Waals surface area contributed by atoms with Crippen LogP contribution in [-0.4, -0.2) is 23.4 Å². The molecule has 0 aromatic heterocycles. The van der Waals surface area contributed by atoms with Gasteiger partial charge in [0.2, 0.25) is 5.78 Å². The summed E-state index contributed by atoms with van der Waals surface area (Å²) in [6.07, 6.45) is -0.0424. The van der Waals surface area contributed by atoms with E-state index in [4.69, 9.17) is 4.74 Å². The highest BCUT2D eigenvalue weighted by Crippen LogP contribution is 2.42. The summed E-state index contributed by atoms with van der Waals surface area (Å²) < 4.78 is 6.43. The molecule has 1 aliphatic carbocycles. The molecule has 0 saturated carbocycles. The van der Waals surface area contributed by atoms with Gasteiger partial charge >= 0.3 is 0 Å². The molecule has 0 radical (unpaired) electrons. The molecule has 2 aliphatic rings. The number of allylic oxidation sites excluding steroid dienone is 1. The van der Waals surface area contributed by atoms with Crippen molar-refractivity contribution >= 4 is 44.2 Å². The van der Waals surface area contributed by atoms with Gasteiger partial charge in [-0.2, -0.15) is 0 Å². The Bertz CT molecular complexity index is 606. The van der Waals surface area contributed by atoms with Crippen LogP contribution in [0.15, 0.2) is 28.4 Å². The van der Waals surface area contributed by atoms with E-state index in [2.05, 4.69) is 15.9 Å². The van der Waals surface area contributed by atoms with Crippen LogP contribution >= 0.6 is 27.7 Å². The van der Waals surface area contributed by atoms with Crippen molar-refractivity contribution < 1.29 is 14.3 Å². The highest BCUT2D eigenvalue weighted by Gasteiger charge is 2.37. The summed E-state index contributed by atoms with van der Waals surface area (Å²) in [5, 5.41) is 0. The van der Waals surface area contributed by atoms with E-state index in [0.29, 0.717) is 5.56 Å². The van der Waals surface area contributed by atoms with E-state index in [-0.39, 0.29) is 11.9 Å². The van der Waals surface area contributed by atoms with Gasteiger partial charge in [0, 0.05) is 21.4 Å². The number of ketones is 2. The largest absolute Gasteiger partial charge is 0.484 e. The first-order valence-electron chi connectivity index (χ1n) is 5.50. The first-order valence-corrected chi connectivity index (χ1v) is 7.28. The maximum atomic E-state index is 12.0. The molecule has 0 spiro atoms. The monoisotopic (exact) mass is 324 g/mol. The van der Waals surface area contributed by atoms with E-state index >= 15 is 0 Å². The van der Waals surface area contributed by atoms with Crippen LogP contribution in [0.4, 0.5) is 0 Å². The molecule has 5 heteroatoms. The SMILES string of the molecule is CC1CSC2=C(O1)C(=O)C(=O)c1ccc(Br)cc12. The normalized spacial score (nSPS) is 22.4. The molecule has 1 heterocycles. The van der Waals surface area contributed by atoms with Gasteiger partial charge < -0.3 is 4.74 Å². The van der Waals surface area contributed by atoms with Crippen molar-refractivity contribution in [2.24, 2.45) is 0 Å². The van der Waals surface area contributed by atoms with Crippen molar-refractivity contribution in [3.63, 3.8) is 0 Å². The molecule has 1 aliphatic heterocycles. The summed E-state index contributed by atoms with van der Waals surface area (Å²) in [5.41, 5.74) is 1.26. The van der Waals surface area contributed by atoms with Crippen molar-refractivity contribution in [1.82, 2.24) is 0 Å². The minimum absolute atomic E-state index is 0.0424. The molecule has 0 saturated heterocycles. The van der Waals surface area contributed by atoms with Crippen molar-refractivity contribution in [2.75, 3.05) is 5.75 Å². The summed E-state index contributed by atoms with van der Waals surface area (Å²) in [4.78, 5) is 24.8. The van der Waals surface area contributed by atoms with E-state index in [9.17, 15) is 9.59 Å². The average molecular weight is 325 g/mol. The smallest absolute Gasteiger partial charge is 0.269 e. The quantitative estimate of drug-likeness (QED) is 0.688. The zero-order valence-corrected chi connectivity index (χ0v) is 11.9. The number of halogens is 1. The Hall–Kier alpha value is -1.07. The Morgan fingerprint density at radius 3 is 2.83 bits per heavy atom. The lowest BCUT2D eigenvalue weighted by atomic mass is 9.94. The number of ether oxygens (including phenoxy) is 1. The lowest BCUT2D eigenvalue weighted by molar-refractivity contribution is -0.115. The first-order chi connectivity index (χ1) is 8.58. The van der Waals surface area contributed by atoms with E-state index in [1.807, 2.05) is 13.0 Å². The maximum absolute atomic E-state index is 12.0. The number of Topliss-reactive ketones (excluding diaryl/α,β-unsaturated/α-hetero) is 2. The van der Waals surface area contributed by atoms with Crippen LogP contribution in [0.1, 0.15) is 22.8 Å². The van der Waals surface area contributed by atoms with Crippen LogP contribution in [-0.2, 0) is 9.53 Å². The molecule has 0 N–H and O–H groups in total. The number of carbonyl (C=O) groups excluding carboxylic acids is 2. The van der Waals surface area contributed by atoms with Gasteiger partial charge in [0.25, 0.3) is 5.78 Å². The molecule has 18 heavy (non-hydrogen) atoms. The fourth-order valence-corrected chi connectivity index (χ4v) is 3.47. The highest BCUT2D eigenvalue weighted by atomic mass is 79.9. The van der Waals surface area contributed by atoms with Crippen LogP contribution < -0.4 is 0 Å². The van der Waals surface area contributed by atoms with Crippen molar-refractivity contribution in [3.05, 3.63) is 39.6 Å². The zero-order chi connectivity index (χ0) is 12.9. The molecule has 1 unspecified atom stereocenters. The second-order valence-corrected chi connectivity index (χ2v) is 6.19. The third-order valence-corrected chi connectivity index (χ3v) is 4.69. The molecule has 1 aromatic carbocycles. The number of fused-ring (bicyclic) bond motifs is 2. The van der Waals surface area contributed by atoms with Gasteiger partial charge in [-0.25, -0.2) is 0 Å². The number of benzene rings is 1. The molecule has 3 rings (SSSR count). The second kappa shape index (κ2) is 4.24. The Morgan fingerprint density at radius 1 is 1.28 bits per heavy atom. The summed E-state index contributed by atoms with van der Waals surface area (Å²) in [7, 11) is 0. The third-order valence-electron chi connectivity index (χ3n) is 2.87. The van der Waals surface area contributed by atoms with Crippen molar-refractivity contribution in [2.45, 2.75) is 13.0 Å². The van der Waals surface area contributed by atoms with Gasteiger partial charge in [0.05, 0.1) is 4.91 Å².